The van der Waals surface area contributed by atoms with Crippen molar-refractivity contribution < 1.29 is 14.7 Å². The van der Waals surface area contributed by atoms with Crippen molar-refractivity contribution in [3.63, 3.8) is 0 Å². The summed E-state index contributed by atoms with van der Waals surface area (Å²) in [5.41, 5.74) is 0.978. The number of pyridine rings is 1. The molecule has 17 heavy (non-hydrogen) atoms. The third-order valence-electron chi connectivity index (χ3n) is 2.72. The smallest absolute Gasteiger partial charge is 0.303 e. The summed E-state index contributed by atoms with van der Waals surface area (Å²) in [5, 5.41) is 8.52. The Morgan fingerprint density at radius 3 is 2.47 bits per heavy atom. The lowest BCUT2D eigenvalue weighted by molar-refractivity contribution is -0.141. The van der Waals surface area contributed by atoms with Gasteiger partial charge < -0.3 is 10.0 Å². The zero-order valence-corrected chi connectivity index (χ0v) is 9.96. The molecule has 0 aromatic carbocycles. The first kappa shape index (κ1) is 13.2. The van der Waals surface area contributed by atoms with E-state index >= 15 is 0 Å². The van der Waals surface area contributed by atoms with E-state index in [4.69, 9.17) is 5.11 Å². The highest BCUT2D eigenvalue weighted by Gasteiger charge is 2.17. The second-order valence-corrected chi connectivity index (χ2v) is 3.85. The molecule has 0 aliphatic carbocycles. The monoisotopic (exact) mass is 236 g/mol. The van der Waals surface area contributed by atoms with Crippen molar-refractivity contribution in [3.05, 3.63) is 30.1 Å². The largest absolute Gasteiger partial charge is 0.481 e. The first-order valence-corrected chi connectivity index (χ1v) is 5.39. The Hall–Kier alpha value is -1.91. The summed E-state index contributed by atoms with van der Waals surface area (Å²) >= 11 is 0. The standard InChI is InChI=1S/C12H16N2O3/c1-9(10-5-7-13-8-6-10)14(2)11(15)3-4-12(16)17/h5-9H,3-4H2,1-2H3,(H,16,17). The molecule has 0 saturated carbocycles. The SMILES string of the molecule is CC(c1ccncc1)N(C)C(=O)CCC(=O)O. The van der Waals surface area contributed by atoms with Gasteiger partial charge in [-0.1, -0.05) is 0 Å². The molecule has 0 bridgehead atoms. The fourth-order valence-electron chi connectivity index (χ4n) is 1.47. The highest BCUT2D eigenvalue weighted by atomic mass is 16.4. The van der Waals surface area contributed by atoms with Crippen LogP contribution in [0.1, 0.15) is 31.4 Å². The zero-order chi connectivity index (χ0) is 12.8. The van der Waals surface area contributed by atoms with Crippen LogP contribution in [0.2, 0.25) is 0 Å². The first-order chi connectivity index (χ1) is 8.02. The van der Waals surface area contributed by atoms with E-state index in [0.717, 1.165) is 5.56 Å². The van der Waals surface area contributed by atoms with Gasteiger partial charge in [-0.25, -0.2) is 0 Å². The molecule has 1 heterocycles. The molecule has 1 aromatic heterocycles. The highest BCUT2D eigenvalue weighted by Crippen LogP contribution is 2.18. The Labute approximate surface area is 100 Å². The molecule has 1 atom stereocenters. The van der Waals surface area contributed by atoms with Gasteiger partial charge in [-0.05, 0) is 24.6 Å². The third kappa shape index (κ3) is 3.86. The Morgan fingerprint density at radius 1 is 1.35 bits per heavy atom. The van der Waals surface area contributed by atoms with E-state index in [9.17, 15) is 9.59 Å². The summed E-state index contributed by atoms with van der Waals surface area (Å²) < 4.78 is 0. The van der Waals surface area contributed by atoms with E-state index in [1.54, 1.807) is 24.3 Å². The second-order valence-electron chi connectivity index (χ2n) is 3.85. The summed E-state index contributed by atoms with van der Waals surface area (Å²) in [6.45, 7) is 1.90. The van der Waals surface area contributed by atoms with E-state index in [0.29, 0.717) is 0 Å². The van der Waals surface area contributed by atoms with Crippen molar-refractivity contribution in [1.29, 1.82) is 0 Å². The van der Waals surface area contributed by atoms with Crippen molar-refractivity contribution >= 4 is 11.9 Å². The number of aromatic nitrogens is 1. The number of aliphatic carboxylic acids is 1. The summed E-state index contributed by atoms with van der Waals surface area (Å²) in [6.07, 6.45) is 3.23. The normalized spacial score (nSPS) is 11.9. The van der Waals surface area contributed by atoms with Gasteiger partial charge in [-0.3, -0.25) is 14.6 Å². The van der Waals surface area contributed by atoms with Gasteiger partial charge in [0.05, 0.1) is 12.5 Å². The van der Waals surface area contributed by atoms with E-state index in [1.807, 2.05) is 19.1 Å². The number of carbonyl (C=O) groups is 2. The molecule has 1 rings (SSSR count). The van der Waals surface area contributed by atoms with Gasteiger partial charge in [0.2, 0.25) is 5.91 Å². The topological polar surface area (TPSA) is 70.5 Å². The number of rotatable bonds is 5. The predicted molar refractivity (Wildman–Crippen MR) is 62.3 cm³/mol. The van der Waals surface area contributed by atoms with E-state index in [2.05, 4.69) is 4.98 Å². The van der Waals surface area contributed by atoms with Gasteiger partial charge in [0.1, 0.15) is 0 Å². The maximum absolute atomic E-state index is 11.7. The number of hydrogen-bond acceptors (Lipinski definition) is 3. The van der Waals surface area contributed by atoms with Crippen LogP contribution >= 0.6 is 0 Å². The molecule has 5 nitrogen and oxygen atoms in total. The molecule has 1 unspecified atom stereocenters. The van der Waals surface area contributed by atoms with Crippen LogP contribution in [-0.2, 0) is 9.59 Å². The molecule has 92 valence electrons. The molecule has 5 heteroatoms. The van der Waals surface area contributed by atoms with Crippen molar-refractivity contribution in [3.8, 4) is 0 Å². The molecule has 0 fully saturated rings. The third-order valence-corrected chi connectivity index (χ3v) is 2.72. The maximum atomic E-state index is 11.7. The molecular formula is C12H16N2O3. The Balaban J connectivity index is 2.60. The summed E-state index contributed by atoms with van der Waals surface area (Å²) in [4.78, 5) is 27.6. The summed E-state index contributed by atoms with van der Waals surface area (Å²) in [6, 6.07) is 3.59. The van der Waals surface area contributed by atoms with Crippen LogP contribution in [0.3, 0.4) is 0 Å². The van der Waals surface area contributed by atoms with Gasteiger partial charge in [-0.2, -0.15) is 0 Å². The summed E-state index contributed by atoms with van der Waals surface area (Å²) in [5.74, 6) is -1.12. The van der Waals surface area contributed by atoms with Crippen LogP contribution in [0.25, 0.3) is 0 Å². The van der Waals surface area contributed by atoms with Crippen molar-refractivity contribution in [2.75, 3.05) is 7.05 Å². The van der Waals surface area contributed by atoms with Gasteiger partial charge in [0, 0.05) is 25.9 Å². The Morgan fingerprint density at radius 2 is 1.94 bits per heavy atom. The van der Waals surface area contributed by atoms with E-state index in [1.165, 1.54) is 0 Å². The second kappa shape index (κ2) is 5.98. The lowest BCUT2D eigenvalue weighted by Crippen LogP contribution is -2.29. The van der Waals surface area contributed by atoms with Crippen molar-refractivity contribution in [2.45, 2.75) is 25.8 Å². The average molecular weight is 236 g/mol. The number of hydrogen-bond donors (Lipinski definition) is 1. The molecule has 1 aromatic rings. The van der Waals surface area contributed by atoms with Crippen molar-refractivity contribution in [1.82, 2.24) is 9.88 Å². The average Bonchev–Trinajstić information content (AvgIpc) is 2.35. The van der Waals surface area contributed by atoms with Crippen LogP contribution in [0.15, 0.2) is 24.5 Å². The van der Waals surface area contributed by atoms with Gasteiger partial charge in [0.25, 0.3) is 0 Å². The van der Waals surface area contributed by atoms with Crippen LogP contribution in [0.5, 0.6) is 0 Å². The molecule has 0 aliphatic rings. The molecule has 0 aliphatic heterocycles. The van der Waals surface area contributed by atoms with Crippen LogP contribution in [0, 0.1) is 0 Å². The van der Waals surface area contributed by atoms with Gasteiger partial charge >= 0.3 is 5.97 Å². The van der Waals surface area contributed by atoms with Gasteiger partial charge in [-0.15, -0.1) is 0 Å². The summed E-state index contributed by atoms with van der Waals surface area (Å²) in [7, 11) is 1.68. The first-order valence-electron chi connectivity index (χ1n) is 5.39. The minimum absolute atomic E-state index is 0.0290. The lowest BCUT2D eigenvalue weighted by atomic mass is 10.1. The molecule has 0 saturated heterocycles. The predicted octanol–water partition coefficient (Wildman–Crippen LogP) is 1.47. The van der Waals surface area contributed by atoms with Gasteiger partial charge in [0.15, 0.2) is 0 Å². The number of carbonyl (C=O) groups excluding carboxylic acids is 1. The molecule has 0 spiro atoms. The molecular weight excluding hydrogens is 220 g/mol. The molecule has 0 radical (unpaired) electrons. The fraction of sp³-hybridized carbons (Fsp3) is 0.417. The number of carboxylic acids is 1. The van der Waals surface area contributed by atoms with Crippen LogP contribution < -0.4 is 0 Å². The maximum Gasteiger partial charge on any atom is 0.303 e. The molecule has 1 amide bonds. The highest BCUT2D eigenvalue weighted by molar-refractivity contribution is 5.80. The van der Waals surface area contributed by atoms with E-state index < -0.39 is 5.97 Å². The quantitative estimate of drug-likeness (QED) is 0.840. The molecule has 1 N–H and O–H groups in total. The zero-order valence-electron chi connectivity index (χ0n) is 9.96. The fourth-order valence-corrected chi connectivity index (χ4v) is 1.47. The minimum Gasteiger partial charge on any atom is -0.481 e. The number of amides is 1. The van der Waals surface area contributed by atoms with Crippen molar-refractivity contribution in [2.24, 2.45) is 0 Å². The van der Waals surface area contributed by atoms with E-state index in [-0.39, 0.29) is 24.8 Å². The minimum atomic E-state index is -0.955. The number of carboxylic acid groups (broad SMARTS) is 1. The lowest BCUT2D eigenvalue weighted by Gasteiger charge is -2.25. The van der Waals surface area contributed by atoms with Crippen LogP contribution in [0.4, 0.5) is 0 Å². The van der Waals surface area contributed by atoms with Crippen LogP contribution in [-0.4, -0.2) is 33.9 Å². The number of nitrogens with zero attached hydrogens (tertiary/aromatic N) is 2. The Kier molecular flexibility index (Phi) is 4.63. The Bertz CT molecular complexity index is 392.